The number of non-ortho nitro benzene ring substituents is 1. The second kappa shape index (κ2) is 8.21. The number of allylic oxidation sites excluding steroid dienone is 1. The van der Waals surface area contributed by atoms with Crippen LogP contribution in [0.5, 0.6) is 5.75 Å². The standard InChI is InChI=1S/C22H18ClN3O3/c1-14-9-17(10-18(13-24)16-5-4-6-19(23)11-16)15(2)25(14)21-8-7-20(26(27)28)12-22(21)29-3/h4-12H,1-3H3/b18-10-. The minimum Gasteiger partial charge on any atom is -0.494 e. The van der Waals surface area contributed by atoms with Crippen LogP contribution in [0, 0.1) is 35.3 Å². The van der Waals surface area contributed by atoms with Crippen LogP contribution in [-0.2, 0) is 0 Å². The van der Waals surface area contributed by atoms with Gasteiger partial charge in [0.2, 0.25) is 0 Å². The van der Waals surface area contributed by atoms with Crippen LogP contribution >= 0.6 is 11.6 Å². The number of rotatable bonds is 5. The monoisotopic (exact) mass is 407 g/mol. The van der Waals surface area contributed by atoms with Crippen LogP contribution in [0.3, 0.4) is 0 Å². The van der Waals surface area contributed by atoms with Gasteiger partial charge in [0.15, 0.2) is 0 Å². The number of aryl methyl sites for hydroxylation is 1. The molecule has 0 unspecified atom stereocenters. The first-order chi connectivity index (χ1) is 13.8. The van der Waals surface area contributed by atoms with Gasteiger partial charge in [0.25, 0.3) is 5.69 Å². The molecule has 0 amide bonds. The number of hydrogen-bond donors (Lipinski definition) is 0. The summed E-state index contributed by atoms with van der Waals surface area (Å²) >= 11 is 6.06. The molecule has 1 heterocycles. The third kappa shape index (κ3) is 4.00. The largest absolute Gasteiger partial charge is 0.494 e. The molecule has 0 radical (unpaired) electrons. The van der Waals surface area contributed by atoms with Crippen LogP contribution in [0.4, 0.5) is 5.69 Å². The summed E-state index contributed by atoms with van der Waals surface area (Å²) in [5.74, 6) is 0.395. The van der Waals surface area contributed by atoms with Crippen molar-refractivity contribution in [2.45, 2.75) is 13.8 Å². The second-order valence-electron chi connectivity index (χ2n) is 6.46. The molecule has 0 aliphatic heterocycles. The Labute approximate surface area is 173 Å². The Morgan fingerprint density at radius 3 is 2.62 bits per heavy atom. The maximum atomic E-state index is 11.1. The Morgan fingerprint density at radius 1 is 1.24 bits per heavy atom. The van der Waals surface area contributed by atoms with Crippen LogP contribution in [0.2, 0.25) is 5.02 Å². The quantitative estimate of drug-likeness (QED) is 0.307. The minimum absolute atomic E-state index is 0.0408. The van der Waals surface area contributed by atoms with E-state index in [0.717, 1.165) is 22.5 Å². The number of nitro benzene ring substituents is 1. The van der Waals surface area contributed by atoms with Crippen LogP contribution in [0.25, 0.3) is 17.3 Å². The van der Waals surface area contributed by atoms with Gasteiger partial charge in [0, 0.05) is 22.5 Å². The molecule has 146 valence electrons. The van der Waals surface area contributed by atoms with Gasteiger partial charge in [0.05, 0.1) is 35.4 Å². The zero-order valence-electron chi connectivity index (χ0n) is 16.1. The Balaban J connectivity index is 2.12. The maximum Gasteiger partial charge on any atom is 0.273 e. The van der Waals surface area contributed by atoms with Gasteiger partial charge in [-0.05, 0) is 55.3 Å². The normalized spacial score (nSPS) is 11.2. The van der Waals surface area contributed by atoms with E-state index in [0.29, 0.717) is 22.0 Å². The molecule has 0 N–H and O–H groups in total. The lowest BCUT2D eigenvalue weighted by atomic mass is 10.0. The number of ether oxygens (including phenoxy) is 1. The van der Waals surface area contributed by atoms with Crippen LogP contribution < -0.4 is 4.74 Å². The zero-order valence-corrected chi connectivity index (χ0v) is 16.9. The van der Waals surface area contributed by atoms with Crippen LogP contribution in [-0.4, -0.2) is 16.6 Å². The van der Waals surface area contributed by atoms with Crippen molar-refractivity contribution in [2.24, 2.45) is 0 Å². The van der Waals surface area contributed by atoms with Gasteiger partial charge in [-0.3, -0.25) is 10.1 Å². The average molecular weight is 408 g/mol. The molecular weight excluding hydrogens is 390 g/mol. The lowest BCUT2D eigenvalue weighted by Gasteiger charge is -2.14. The highest BCUT2D eigenvalue weighted by molar-refractivity contribution is 6.30. The summed E-state index contributed by atoms with van der Waals surface area (Å²) in [6.07, 6.45) is 1.81. The Morgan fingerprint density at radius 2 is 2.00 bits per heavy atom. The third-order valence-electron chi connectivity index (χ3n) is 4.64. The first-order valence-corrected chi connectivity index (χ1v) is 9.13. The molecule has 29 heavy (non-hydrogen) atoms. The van der Waals surface area contributed by atoms with Gasteiger partial charge in [-0.1, -0.05) is 23.7 Å². The van der Waals surface area contributed by atoms with Crippen molar-refractivity contribution in [1.29, 1.82) is 5.26 Å². The number of halogens is 1. The van der Waals surface area contributed by atoms with Crippen LogP contribution in [0.15, 0.2) is 48.5 Å². The fraction of sp³-hybridized carbons (Fsp3) is 0.136. The molecule has 7 heteroatoms. The first-order valence-electron chi connectivity index (χ1n) is 8.75. The molecule has 0 spiro atoms. The molecule has 0 aliphatic rings. The van der Waals surface area contributed by atoms with Crippen LogP contribution in [0.1, 0.15) is 22.5 Å². The summed E-state index contributed by atoms with van der Waals surface area (Å²) in [5.41, 5.74) is 4.52. The van der Waals surface area contributed by atoms with Crippen molar-refractivity contribution in [3.63, 3.8) is 0 Å². The minimum atomic E-state index is -0.458. The summed E-state index contributed by atoms with van der Waals surface area (Å²) in [6, 6.07) is 15.8. The third-order valence-corrected chi connectivity index (χ3v) is 4.88. The van der Waals surface area contributed by atoms with E-state index < -0.39 is 4.92 Å². The molecule has 3 rings (SSSR count). The number of nitro groups is 1. The summed E-state index contributed by atoms with van der Waals surface area (Å²) in [4.78, 5) is 10.6. The van der Waals surface area contributed by atoms with Crippen molar-refractivity contribution >= 4 is 28.9 Å². The van der Waals surface area contributed by atoms with Crippen molar-refractivity contribution < 1.29 is 9.66 Å². The fourth-order valence-corrected chi connectivity index (χ4v) is 3.45. The molecule has 1 aromatic heterocycles. The summed E-state index contributed by atoms with van der Waals surface area (Å²) in [6.45, 7) is 3.85. The highest BCUT2D eigenvalue weighted by Crippen LogP contribution is 2.32. The van der Waals surface area contributed by atoms with Gasteiger partial charge in [-0.25, -0.2) is 0 Å². The molecule has 6 nitrogen and oxygen atoms in total. The van der Waals surface area contributed by atoms with Crippen molar-refractivity contribution in [3.05, 3.63) is 86.2 Å². The molecule has 0 atom stereocenters. The van der Waals surface area contributed by atoms with E-state index in [2.05, 4.69) is 6.07 Å². The SMILES string of the molecule is COc1cc([N+](=O)[O-])ccc1-n1c(C)cc(/C=C(/C#N)c2cccc(Cl)c2)c1C. The molecular formula is C22H18ClN3O3. The molecule has 2 aromatic carbocycles. The predicted octanol–water partition coefficient (Wildman–Crippen LogP) is 5.73. The summed E-state index contributed by atoms with van der Waals surface area (Å²) in [7, 11) is 1.48. The van der Waals surface area contributed by atoms with E-state index in [1.165, 1.54) is 19.2 Å². The van der Waals surface area contributed by atoms with E-state index in [-0.39, 0.29) is 5.69 Å². The molecule has 0 saturated carbocycles. The van der Waals surface area contributed by atoms with E-state index in [4.69, 9.17) is 16.3 Å². The summed E-state index contributed by atoms with van der Waals surface area (Å²) in [5, 5.41) is 21.3. The lowest BCUT2D eigenvalue weighted by molar-refractivity contribution is -0.384. The number of benzene rings is 2. The van der Waals surface area contributed by atoms with E-state index in [1.54, 1.807) is 24.3 Å². The number of methoxy groups -OCH3 is 1. The Kier molecular flexibility index (Phi) is 5.71. The predicted molar refractivity (Wildman–Crippen MR) is 113 cm³/mol. The Bertz CT molecular complexity index is 1170. The number of nitriles is 1. The fourth-order valence-electron chi connectivity index (χ4n) is 3.26. The highest BCUT2D eigenvalue weighted by atomic mass is 35.5. The highest BCUT2D eigenvalue weighted by Gasteiger charge is 2.17. The van der Waals surface area contributed by atoms with Gasteiger partial charge in [0.1, 0.15) is 5.75 Å². The number of aromatic nitrogens is 1. The van der Waals surface area contributed by atoms with Crippen molar-refractivity contribution in [1.82, 2.24) is 4.57 Å². The molecule has 3 aromatic rings. The molecule has 0 bridgehead atoms. The Hall–Kier alpha value is -3.56. The van der Waals surface area contributed by atoms with E-state index >= 15 is 0 Å². The topological polar surface area (TPSA) is 81.1 Å². The summed E-state index contributed by atoms with van der Waals surface area (Å²) < 4.78 is 7.33. The molecule has 0 fully saturated rings. The lowest BCUT2D eigenvalue weighted by Crippen LogP contribution is -2.03. The number of hydrogen-bond acceptors (Lipinski definition) is 4. The molecule has 0 aliphatic carbocycles. The number of nitrogens with zero attached hydrogens (tertiary/aromatic N) is 3. The zero-order chi connectivity index (χ0) is 21.1. The van der Waals surface area contributed by atoms with E-state index in [9.17, 15) is 15.4 Å². The van der Waals surface area contributed by atoms with Gasteiger partial charge < -0.3 is 9.30 Å². The van der Waals surface area contributed by atoms with Crippen molar-refractivity contribution in [3.8, 4) is 17.5 Å². The second-order valence-corrected chi connectivity index (χ2v) is 6.89. The van der Waals surface area contributed by atoms with E-state index in [1.807, 2.05) is 36.6 Å². The maximum absolute atomic E-state index is 11.1. The molecule has 0 saturated heterocycles. The smallest absolute Gasteiger partial charge is 0.273 e. The average Bonchev–Trinajstić information content (AvgIpc) is 2.98. The van der Waals surface area contributed by atoms with Gasteiger partial charge >= 0.3 is 0 Å². The van der Waals surface area contributed by atoms with Gasteiger partial charge in [-0.15, -0.1) is 0 Å². The van der Waals surface area contributed by atoms with Crippen molar-refractivity contribution in [2.75, 3.05) is 7.11 Å². The van der Waals surface area contributed by atoms with Gasteiger partial charge in [-0.2, -0.15) is 5.26 Å². The first kappa shape index (κ1) is 20.2.